The standard InChI is InChI=1S/C30H33N3O5/c34-25-18-33(30(36)24-12-14-31-15-13-24)27-11-10-26(38-28(27)20-37-19-25)16-29(35)32-17-21-6-8-23(9-7-21)22-4-2-1-3-5-22/h1-9,12-15,25-28,34H,10-11,16-20H2,(H,32,35)/t25-,26-,27-,28+/m0/s1. The van der Waals surface area contributed by atoms with Crippen molar-refractivity contribution in [2.45, 2.75) is 50.2 Å². The summed E-state index contributed by atoms with van der Waals surface area (Å²) in [6, 6.07) is 21.4. The molecule has 2 N–H and O–H groups in total. The van der Waals surface area contributed by atoms with E-state index in [1.54, 1.807) is 29.4 Å². The van der Waals surface area contributed by atoms with Gasteiger partial charge in [-0.15, -0.1) is 0 Å². The maximum Gasteiger partial charge on any atom is 0.254 e. The second-order valence-electron chi connectivity index (χ2n) is 9.87. The Kier molecular flexibility index (Phi) is 8.43. The highest BCUT2D eigenvalue weighted by Crippen LogP contribution is 2.29. The number of β-amino-alcohol motifs (C(OH)–C–C–N with tert-alkyl or cyclic N) is 1. The molecule has 1 aromatic heterocycles. The molecule has 2 saturated heterocycles. The van der Waals surface area contributed by atoms with Crippen LogP contribution in [-0.2, 0) is 20.8 Å². The SMILES string of the molecule is O=C(C[C@@H]1CC[C@H]2[C@@H](COC[C@@H](O)CN2C(=O)c2ccncc2)O1)NCc1ccc(-c2ccccc2)cc1. The van der Waals surface area contributed by atoms with Crippen molar-refractivity contribution < 1.29 is 24.2 Å². The molecule has 198 valence electrons. The van der Waals surface area contributed by atoms with E-state index in [1.807, 2.05) is 30.3 Å². The molecule has 3 heterocycles. The number of pyridine rings is 1. The molecular weight excluding hydrogens is 482 g/mol. The fourth-order valence-electron chi connectivity index (χ4n) is 5.16. The Morgan fingerprint density at radius 2 is 1.68 bits per heavy atom. The van der Waals surface area contributed by atoms with E-state index in [9.17, 15) is 14.7 Å². The summed E-state index contributed by atoms with van der Waals surface area (Å²) < 4.78 is 12.0. The van der Waals surface area contributed by atoms with Gasteiger partial charge in [0.15, 0.2) is 0 Å². The van der Waals surface area contributed by atoms with E-state index in [2.05, 4.69) is 34.6 Å². The number of amides is 2. The summed E-state index contributed by atoms with van der Waals surface area (Å²) in [4.78, 5) is 31.7. The molecule has 8 nitrogen and oxygen atoms in total. The number of rotatable bonds is 6. The highest BCUT2D eigenvalue weighted by Gasteiger charge is 2.40. The number of benzene rings is 2. The third kappa shape index (κ3) is 6.45. The first-order chi connectivity index (χ1) is 18.6. The average Bonchev–Trinajstić information content (AvgIpc) is 2.95. The number of aromatic nitrogens is 1. The number of nitrogens with one attached hydrogen (secondary N) is 1. The molecule has 2 aliphatic heterocycles. The van der Waals surface area contributed by atoms with E-state index in [-0.39, 0.29) is 56.2 Å². The molecule has 8 heteroatoms. The van der Waals surface area contributed by atoms with Crippen LogP contribution in [0, 0.1) is 0 Å². The molecule has 0 bridgehead atoms. The number of fused-ring (bicyclic) bond motifs is 1. The molecule has 3 aromatic rings. The number of hydrogen-bond donors (Lipinski definition) is 2. The molecular formula is C30H33N3O5. The number of carbonyl (C=O) groups is 2. The van der Waals surface area contributed by atoms with Crippen molar-refractivity contribution in [1.82, 2.24) is 15.2 Å². The van der Waals surface area contributed by atoms with Gasteiger partial charge in [0.2, 0.25) is 5.91 Å². The molecule has 0 aliphatic carbocycles. The first-order valence-corrected chi connectivity index (χ1v) is 13.1. The van der Waals surface area contributed by atoms with Crippen molar-refractivity contribution in [3.05, 3.63) is 90.3 Å². The van der Waals surface area contributed by atoms with Crippen molar-refractivity contribution in [3.8, 4) is 11.1 Å². The number of hydrogen-bond acceptors (Lipinski definition) is 6. The first kappa shape index (κ1) is 26.0. The predicted octanol–water partition coefficient (Wildman–Crippen LogP) is 3.20. The van der Waals surface area contributed by atoms with E-state index >= 15 is 0 Å². The van der Waals surface area contributed by atoms with Crippen molar-refractivity contribution in [2.75, 3.05) is 19.8 Å². The number of ether oxygens (including phenoxy) is 2. The Bertz CT molecular complexity index is 1210. The van der Waals surface area contributed by atoms with Gasteiger partial charge in [0, 0.05) is 31.0 Å². The zero-order valence-electron chi connectivity index (χ0n) is 21.2. The van der Waals surface area contributed by atoms with Gasteiger partial charge in [-0.2, -0.15) is 0 Å². The lowest BCUT2D eigenvalue weighted by atomic mass is 9.94. The predicted molar refractivity (Wildman–Crippen MR) is 142 cm³/mol. The summed E-state index contributed by atoms with van der Waals surface area (Å²) >= 11 is 0. The van der Waals surface area contributed by atoms with E-state index in [0.717, 1.165) is 16.7 Å². The van der Waals surface area contributed by atoms with Crippen LogP contribution >= 0.6 is 0 Å². The van der Waals surface area contributed by atoms with Gasteiger partial charge in [0.25, 0.3) is 5.91 Å². The van der Waals surface area contributed by atoms with Crippen LogP contribution in [0.3, 0.4) is 0 Å². The second kappa shape index (κ2) is 12.3. The normalized spacial score (nSPS) is 23.6. The summed E-state index contributed by atoms with van der Waals surface area (Å²) in [6.07, 6.45) is 3.30. The highest BCUT2D eigenvalue weighted by atomic mass is 16.5. The Balaban J connectivity index is 1.16. The lowest BCUT2D eigenvalue weighted by Crippen LogP contribution is -2.57. The Hall–Kier alpha value is -3.59. The van der Waals surface area contributed by atoms with Crippen LogP contribution in [0.25, 0.3) is 11.1 Å². The number of nitrogens with zero attached hydrogens (tertiary/aromatic N) is 2. The van der Waals surface area contributed by atoms with Crippen LogP contribution in [0.2, 0.25) is 0 Å². The minimum atomic E-state index is -0.771. The molecule has 0 radical (unpaired) electrons. The van der Waals surface area contributed by atoms with E-state index < -0.39 is 6.10 Å². The molecule has 2 aliphatic rings. The number of aliphatic hydroxyl groups is 1. The minimum absolute atomic E-state index is 0.0764. The topological polar surface area (TPSA) is 101 Å². The van der Waals surface area contributed by atoms with E-state index in [4.69, 9.17) is 9.47 Å². The summed E-state index contributed by atoms with van der Waals surface area (Å²) in [5, 5.41) is 13.3. The van der Waals surface area contributed by atoms with Crippen molar-refractivity contribution in [1.29, 1.82) is 0 Å². The maximum absolute atomic E-state index is 13.3. The van der Waals surface area contributed by atoms with Crippen LogP contribution in [0.4, 0.5) is 0 Å². The van der Waals surface area contributed by atoms with Gasteiger partial charge >= 0.3 is 0 Å². The molecule has 5 rings (SSSR count). The molecule has 0 saturated carbocycles. The Morgan fingerprint density at radius 1 is 0.947 bits per heavy atom. The van der Waals surface area contributed by atoms with Crippen LogP contribution in [0.15, 0.2) is 79.1 Å². The first-order valence-electron chi connectivity index (χ1n) is 13.1. The van der Waals surface area contributed by atoms with E-state index in [1.165, 1.54) is 0 Å². The summed E-state index contributed by atoms with van der Waals surface area (Å²) in [6.45, 7) is 0.996. The fourth-order valence-corrected chi connectivity index (χ4v) is 5.16. The van der Waals surface area contributed by atoms with Crippen LogP contribution < -0.4 is 5.32 Å². The summed E-state index contributed by atoms with van der Waals surface area (Å²) in [5.74, 6) is -0.242. The van der Waals surface area contributed by atoms with E-state index in [0.29, 0.717) is 24.9 Å². The van der Waals surface area contributed by atoms with Gasteiger partial charge in [-0.25, -0.2) is 0 Å². The zero-order valence-corrected chi connectivity index (χ0v) is 21.2. The highest BCUT2D eigenvalue weighted by molar-refractivity contribution is 5.94. The van der Waals surface area contributed by atoms with Gasteiger partial charge in [-0.1, -0.05) is 54.6 Å². The summed E-state index contributed by atoms with van der Waals surface area (Å²) in [5.41, 5.74) is 3.84. The number of carbonyl (C=O) groups excluding carboxylic acids is 2. The van der Waals surface area contributed by atoms with Crippen molar-refractivity contribution in [2.24, 2.45) is 0 Å². The smallest absolute Gasteiger partial charge is 0.254 e. The molecule has 4 atom stereocenters. The fraction of sp³-hybridized carbons (Fsp3) is 0.367. The minimum Gasteiger partial charge on any atom is -0.389 e. The molecule has 2 aromatic carbocycles. The zero-order chi connectivity index (χ0) is 26.3. The van der Waals surface area contributed by atoms with Crippen LogP contribution in [-0.4, -0.2) is 70.9 Å². The second-order valence-corrected chi connectivity index (χ2v) is 9.87. The van der Waals surface area contributed by atoms with Crippen molar-refractivity contribution in [3.63, 3.8) is 0 Å². The van der Waals surface area contributed by atoms with Gasteiger partial charge < -0.3 is 24.8 Å². The number of aliphatic hydroxyl groups excluding tert-OH is 1. The Labute approximate surface area is 222 Å². The van der Waals surface area contributed by atoms with Gasteiger partial charge in [-0.05, 0) is 41.7 Å². The maximum atomic E-state index is 13.3. The lowest BCUT2D eigenvalue weighted by Gasteiger charge is -2.44. The molecule has 0 unspecified atom stereocenters. The summed E-state index contributed by atoms with van der Waals surface area (Å²) in [7, 11) is 0. The lowest BCUT2D eigenvalue weighted by molar-refractivity contribution is -0.151. The molecule has 2 amide bonds. The van der Waals surface area contributed by atoms with Crippen LogP contribution in [0.5, 0.6) is 0 Å². The van der Waals surface area contributed by atoms with Gasteiger partial charge in [-0.3, -0.25) is 14.6 Å². The van der Waals surface area contributed by atoms with Crippen LogP contribution in [0.1, 0.15) is 35.2 Å². The average molecular weight is 516 g/mol. The molecule has 0 spiro atoms. The third-order valence-electron chi connectivity index (χ3n) is 7.13. The van der Waals surface area contributed by atoms with Gasteiger partial charge in [0.05, 0.1) is 37.9 Å². The Morgan fingerprint density at radius 3 is 2.45 bits per heavy atom. The van der Waals surface area contributed by atoms with Crippen molar-refractivity contribution >= 4 is 11.8 Å². The molecule has 2 fully saturated rings. The van der Waals surface area contributed by atoms with Gasteiger partial charge in [0.1, 0.15) is 6.10 Å². The quantitative estimate of drug-likeness (QED) is 0.523. The molecule has 38 heavy (non-hydrogen) atoms. The monoisotopic (exact) mass is 515 g/mol. The third-order valence-corrected chi connectivity index (χ3v) is 7.13. The largest absolute Gasteiger partial charge is 0.389 e.